The van der Waals surface area contributed by atoms with E-state index in [-0.39, 0.29) is 0 Å². The lowest BCUT2D eigenvalue weighted by Crippen LogP contribution is -2.29. The third-order valence-corrected chi connectivity index (χ3v) is 2.68. The van der Waals surface area contributed by atoms with Crippen LogP contribution in [0.15, 0.2) is 6.20 Å². The molecule has 1 aliphatic heterocycles. The van der Waals surface area contributed by atoms with Gasteiger partial charge in [-0.1, -0.05) is 5.21 Å². The van der Waals surface area contributed by atoms with E-state index in [0.29, 0.717) is 6.04 Å². The fourth-order valence-electron chi connectivity index (χ4n) is 1.68. The van der Waals surface area contributed by atoms with E-state index in [9.17, 15) is 0 Å². The summed E-state index contributed by atoms with van der Waals surface area (Å²) in [4.78, 5) is 0. The summed E-state index contributed by atoms with van der Waals surface area (Å²) >= 11 is 0. The summed E-state index contributed by atoms with van der Waals surface area (Å²) in [5.74, 6) is 0. The van der Waals surface area contributed by atoms with Crippen LogP contribution in [0.5, 0.6) is 0 Å². The molecule has 1 aromatic heterocycles. The van der Waals surface area contributed by atoms with Crippen LogP contribution in [0.1, 0.15) is 38.4 Å². The quantitative estimate of drug-likeness (QED) is 0.785. The molecule has 0 spiro atoms. The highest BCUT2D eigenvalue weighted by Gasteiger charge is 2.22. The second-order valence-electron chi connectivity index (χ2n) is 4.68. The molecule has 0 radical (unpaired) electrons. The Kier molecular flexibility index (Phi) is 2.75. The summed E-state index contributed by atoms with van der Waals surface area (Å²) in [7, 11) is 0. The molecule has 1 atom stereocenters. The lowest BCUT2D eigenvalue weighted by Gasteiger charge is -2.21. The van der Waals surface area contributed by atoms with Crippen LogP contribution < -0.4 is 5.73 Å². The predicted octanol–water partition coefficient (Wildman–Crippen LogP) is 0.823. The molecule has 2 rings (SSSR count). The van der Waals surface area contributed by atoms with Gasteiger partial charge < -0.3 is 10.5 Å². The Morgan fingerprint density at radius 2 is 2.40 bits per heavy atom. The van der Waals surface area contributed by atoms with E-state index in [4.69, 9.17) is 10.5 Å². The molecule has 2 heterocycles. The van der Waals surface area contributed by atoms with Crippen molar-refractivity contribution in [3.05, 3.63) is 11.9 Å². The van der Waals surface area contributed by atoms with Crippen molar-refractivity contribution in [2.75, 3.05) is 13.2 Å². The Morgan fingerprint density at radius 3 is 2.93 bits per heavy atom. The molecule has 0 bridgehead atoms. The molecule has 1 saturated heterocycles. The molecule has 0 aliphatic carbocycles. The topological polar surface area (TPSA) is 66.0 Å². The SMILES string of the molecule is CC(C)(N)c1cn(C2CCCOC2)nn1. The molecule has 84 valence electrons. The molecule has 0 amide bonds. The van der Waals surface area contributed by atoms with Crippen molar-refractivity contribution in [2.24, 2.45) is 5.73 Å². The van der Waals surface area contributed by atoms with E-state index < -0.39 is 5.54 Å². The molecule has 5 nitrogen and oxygen atoms in total. The third-order valence-electron chi connectivity index (χ3n) is 2.68. The Hall–Kier alpha value is -0.940. The highest BCUT2D eigenvalue weighted by atomic mass is 16.5. The van der Waals surface area contributed by atoms with Crippen LogP contribution in [-0.4, -0.2) is 28.2 Å². The number of hydrogen-bond donors (Lipinski definition) is 1. The van der Waals surface area contributed by atoms with Gasteiger partial charge in [-0.05, 0) is 26.7 Å². The number of rotatable bonds is 2. The number of aromatic nitrogens is 3. The van der Waals surface area contributed by atoms with E-state index in [2.05, 4.69) is 10.3 Å². The van der Waals surface area contributed by atoms with Crippen molar-refractivity contribution in [1.82, 2.24) is 15.0 Å². The van der Waals surface area contributed by atoms with Crippen LogP contribution in [0.4, 0.5) is 0 Å². The molecule has 5 heteroatoms. The van der Waals surface area contributed by atoms with Gasteiger partial charge in [0.25, 0.3) is 0 Å². The maximum Gasteiger partial charge on any atom is 0.102 e. The van der Waals surface area contributed by atoms with Crippen LogP contribution in [0, 0.1) is 0 Å². The molecule has 1 fully saturated rings. The second-order valence-corrected chi connectivity index (χ2v) is 4.68. The summed E-state index contributed by atoms with van der Waals surface area (Å²) in [5, 5.41) is 8.21. The number of nitrogens with two attached hydrogens (primary N) is 1. The zero-order chi connectivity index (χ0) is 10.9. The molecule has 15 heavy (non-hydrogen) atoms. The molecular formula is C10H18N4O. The standard InChI is InChI=1S/C10H18N4O/c1-10(2,11)9-6-14(13-12-9)8-4-3-5-15-7-8/h6,8H,3-5,7,11H2,1-2H3. The maximum absolute atomic E-state index is 5.95. The van der Waals surface area contributed by atoms with Gasteiger partial charge in [0.15, 0.2) is 0 Å². The Labute approximate surface area is 89.6 Å². The normalized spacial score (nSPS) is 23.0. The van der Waals surface area contributed by atoms with Gasteiger partial charge in [0.05, 0.1) is 24.4 Å². The van der Waals surface area contributed by atoms with Gasteiger partial charge >= 0.3 is 0 Å². The van der Waals surface area contributed by atoms with E-state index in [1.165, 1.54) is 0 Å². The van der Waals surface area contributed by atoms with E-state index in [0.717, 1.165) is 31.7 Å². The molecule has 1 aromatic rings. The van der Waals surface area contributed by atoms with Gasteiger partial charge in [-0.15, -0.1) is 5.10 Å². The van der Waals surface area contributed by atoms with Crippen LogP contribution in [-0.2, 0) is 10.3 Å². The second kappa shape index (κ2) is 3.90. The van der Waals surface area contributed by atoms with Crippen LogP contribution in [0.2, 0.25) is 0 Å². The maximum atomic E-state index is 5.95. The highest BCUT2D eigenvalue weighted by molar-refractivity contribution is 5.06. The summed E-state index contributed by atoms with van der Waals surface area (Å²) in [6.45, 7) is 5.45. The van der Waals surface area contributed by atoms with E-state index >= 15 is 0 Å². The van der Waals surface area contributed by atoms with Gasteiger partial charge in [0.1, 0.15) is 5.69 Å². The summed E-state index contributed by atoms with van der Waals surface area (Å²) in [5.41, 5.74) is 6.36. The van der Waals surface area contributed by atoms with E-state index in [1.54, 1.807) is 0 Å². The number of ether oxygens (including phenoxy) is 1. The summed E-state index contributed by atoms with van der Waals surface area (Å²) in [6.07, 6.45) is 4.12. The Balaban J connectivity index is 2.12. The zero-order valence-electron chi connectivity index (χ0n) is 9.31. The highest BCUT2D eigenvalue weighted by Crippen LogP contribution is 2.20. The van der Waals surface area contributed by atoms with Crippen molar-refractivity contribution in [1.29, 1.82) is 0 Å². The fourth-order valence-corrected chi connectivity index (χ4v) is 1.68. The van der Waals surface area contributed by atoms with Gasteiger partial charge in [-0.25, -0.2) is 4.68 Å². The molecule has 2 N–H and O–H groups in total. The summed E-state index contributed by atoms with van der Waals surface area (Å²) in [6, 6.07) is 0.322. The van der Waals surface area contributed by atoms with Crippen LogP contribution >= 0.6 is 0 Å². The minimum Gasteiger partial charge on any atom is -0.379 e. The van der Waals surface area contributed by atoms with Crippen molar-refractivity contribution in [2.45, 2.75) is 38.3 Å². The van der Waals surface area contributed by atoms with Crippen LogP contribution in [0.3, 0.4) is 0 Å². The van der Waals surface area contributed by atoms with Gasteiger partial charge in [0, 0.05) is 6.61 Å². The predicted molar refractivity (Wildman–Crippen MR) is 56.3 cm³/mol. The fraction of sp³-hybridized carbons (Fsp3) is 0.800. The first-order valence-corrected chi connectivity index (χ1v) is 5.36. The van der Waals surface area contributed by atoms with E-state index in [1.807, 2.05) is 24.7 Å². The van der Waals surface area contributed by atoms with Gasteiger partial charge in [-0.3, -0.25) is 0 Å². The first-order valence-electron chi connectivity index (χ1n) is 5.36. The lowest BCUT2D eigenvalue weighted by atomic mass is 10.0. The van der Waals surface area contributed by atoms with Crippen molar-refractivity contribution in [3.63, 3.8) is 0 Å². The van der Waals surface area contributed by atoms with Crippen molar-refractivity contribution < 1.29 is 4.74 Å². The van der Waals surface area contributed by atoms with Crippen LogP contribution in [0.25, 0.3) is 0 Å². The third kappa shape index (κ3) is 2.35. The molecular weight excluding hydrogens is 192 g/mol. The smallest absolute Gasteiger partial charge is 0.102 e. The monoisotopic (exact) mass is 210 g/mol. The molecule has 1 aliphatic rings. The molecule has 0 saturated carbocycles. The average Bonchev–Trinajstić information content (AvgIpc) is 2.67. The zero-order valence-corrected chi connectivity index (χ0v) is 9.31. The molecule has 0 aromatic carbocycles. The first kappa shape index (κ1) is 10.6. The minimum absolute atomic E-state index is 0.322. The number of hydrogen-bond acceptors (Lipinski definition) is 4. The summed E-state index contributed by atoms with van der Waals surface area (Å²) < 4.78 is 7.29. The average molecular weight is 210 g/mol. The first-order chi connectivity index (χ1) is 7.07. The Morgan fingerprint density at radius 1 is 1.60 bits per heavy atom. The largest absolute Gasteiger partial charge is 0.379 e. The number of nitrogens with zero attached hydrogens (tertiary/aromatic N) is 3. The molecule has 1 unspecified atom stereocenters. The lowest BCUT2D eigenvalue weighted by molar-refractivity contribution is 0.0542. The van der Waals surface area contributed by atoms with Gasteiger partial charge in [0.2, 0.25) is 0 Å². The Bertz CT molecular complexity index is 322. The van der Waals surface area contributed by atoms with Gasteiger partial charge in [-0.2, -0.15) is 0 Å². The minimum atomic E-state index is -0.423. The van der Waals surface area contributed by atoms with Crippen molar-refractivity contribution >= 4 is 0 Å². The van der Waals surface area contributed by atoms with Crippen molar-refractivity contribution in [3.8, 4) is 0 Å².